The van der Waals surface area contributed by atoms with E-state index in [0.717, 1.165) is 26.5 Å². The highest BCUT2D eigenvalue weighted by Crippen LogP contribution is 2.25. The fourth-order valence-electron chi connectivity index (χ4n) is 2.14. The van der Waals surface area contributed by atoms with Crippen molar-refractivity contribution in [1.29, 1.82) is 0 Å². The van der Waals surface area contributed by atoms with Gasteiger partial charge in [0.15, 0.2) is 5.88 Å². The van der Waals surface area contributed by atoms with Crippen LogP contribution in [0.3, 0.4) is 0 Å². The van der Waals surface area contributed by atoms with Crippen LogP contribution in [0.4, 0.5) is 0 Å². The van der Waals surface area contributed by atoms with Gasteiger partial charge in [-0.25, -0.2) is 0 Å². The monoisotopic (exact) mass is 328 g/mol. The average molecular weight is 329 g/mol. The Balaban J connectivity index is 1.88. The van der Waals surface area contributed by atoms with Crippen LogP contribution in [0, 0.1) is 0 Å². The van der Waals surface area contributed by atoms with E-state index in [9.17, 15) is 5.11 Å². The first-order valence-corrected chi connectivity index (χ1v) is 7.08. The lowest BCUT2D eigenvalue weighted by Gasteiger charge is -1.99. The van der Waals surface area contributed by atoms with Crippen LogP contribution in [-0.2, 0) is 6.54 Å². The third-order valence-corrected chi connectivity index (χ3v) is 3.94. The first-order chi connectivity index (χ1) is 9.75. The van der Waals surface area contributed by atoms with Crippen LogP contribution in [0.2, 0.25) is 0 Å². The van der Waals surface area contributed by atoms with Gasteiger partial charge in [-0.05, 0) is 17.7 Å². The zero-order chi connectivity index (χ0) is 13.9. The SMILES string of the molecule is Oc1[nH]c2ccccc2c1C=NCc1ccccc1Br. The number of nitrogens with zero attached hydrogens (tertiary/aromatic N) is 1. The van der Waals surface area contributed by atoms with Crippen molar-refractivity contribution in [1.82, 2.24) is 4.98 Å². The second-order valence-electron chi connectivity index (χ2n) is 4.49. The van der Waals surface area contributed by atoms with E-state index in [2.05, 4.69) is 25.9 Å². The van der Waals surface area contributed by atoms with Gasteiger partial charge in [-0.15, -0.1) is 0 Å². The summed E-state index contributed by atoms with van der Waals surface area (Å²) in [7, 11) is 0. The quantitative estimate of drug-likeness (QED) is 0.693. The van der Waals surface area contributed by atoms with E-state index in [1.54, 1.807) is 6.21 Å². The summed E-state index contributed by atoms with van der Waals surface area (Å²) in [5, 5.41) is 10.9. The molecule has 0 amide bonds. The van der Waals surface area contributed by atoms with Crippen molar-refractivity contribution >= 4 is 33.0 Å². The van der Waals surface area contributed by atoms with Gasteiger partial charge in [-0.2, -0.15) is 0 Å². The first kappa shape index (κ1) is 12.9. The molecule has 0 saturated heterocycles. The molecule has 100 valence electrons. The maximum atomic E-state index is 9.93. The Morgan fingerprint density at radius 1 is 1.10 bits per heavy atom. The van der Waals surface area contributed by atoms with Crippen LogP contribution in [0.15, 0.2) is 58.0 Å². The van der Waals surface area contributed by atoms with Crippen molar-refractivity contribution in [3.05, 3.63) is 64.1 Å². The molecule has 2 aromatic carbocycles. The van der Waals surface area contributed by atoms with Crippen LogP contribution < -0.4 is 0 Å². The van der Waals surface area contributed by atoms with Gasteiger partial charge < -0.3 is 10.1 Å². The molecular weight excluding hydrogens is 316 g/mol. The number of halogens is 1. The number of fused-ring (bicyclic) bond motifs is 1. The van der Waals surface area contributed by atoms with Crippen molar-refractivity contribution in [2.24, 2.45) is 4.99 Å². The minimum Gasteiger partial charge on any atom is -0.494 e. The van der Waals surface area contributed by atoms with Crippen LogP contribution in [0.25, 0.3) is 10.9 Å². The molecule has 1 heterocycles. The maximum absolute atomic E-state index is 9.93. The highest BCUT2D eigenvalue weighted by molar-refractivity contribution is 9.10. The number of aromatic amines is 1. The molecule has 0 atom stereocenters. The lowest BCUT2D eigenvalue weighted by Crippen LogP contribution is -1.85. The molecule has 20 heavy (non-hydrogen) atoms. The molecular formula is C16H13BrN2O. The molecule has 0 spiro atoms. The fourth-order valence-corrected chi connectivity index (χ4v) is 2.55. The Kier molecular flexibility index (Phi) is 3.56. The largest absolute Gasteiger partial charge is 0.494 e. The molecule has 3 rings (SSSR count). The predicted molar refractivity (Wildman–Crippen MR) is 85.4 cm³/mol. The van der Waals surface area contributed by atoms with E-state index < -0.39 is 0 Å². The molecule has 0 unspecified atom stereocenters. The topological polar surface area (TPSA) is 48.4 Å². The lowest BCUT2D eigenvalue weighted by molar-refractivity contribution is 0.457. The van der Waals surface area contributed by atoms with Crippen molar-refractivity contribution in [3.63, 3.8) is 0 Å². The number of benzene rings is 2. The summed E-state index contributed by atoms with van der Waals surface area (Å²) in [6.07, 6.45) is 1.72. The maximum Gasteiger partial charge on any atom is 0.198 e. The Labute approximate surface area is 125 Å². The van der Waals surface area contributed by atoms with Gasteiger partial charge in [0.1, 0.15) is 0 Å². The lowest BCUT2D eigenvalue weighted by atomic mass is 10.2. The molecule has 0 aliphatic rings. The average Bonchev–Trinajstić information content (AvgIpc) is 2.77. The molecule has 0 fully saturated rings. The Morgan fingerprint density at radius 3 is 2.70 bits per heavy atom. The second kappa shape index (κ2) is 5.51. The number of hydrogen-bond donors (Lipinski definition) is 2. The van der Waals surface area contributed by atoms with Crippen molar-refractivity contribution < 1.29 is 5.11 Å². The number of para-hydroxylation sites is 1. The fraction of sp³-hybridized carbons (Fsp3) is 0.0625. The van der Waals surface area contributed by atoms with Gasteiger partial charge in [-0.3, -0.25) is 4.99 Å². The van der Waals surface area contributed by atoms with E-state index in [4.69, 9.17) is 0 Å². The normalized spacial score (nSPS) is 11.4. The van der Waals surface area contributed by atoms with E-state index in [0.29, 0.717) is 6.54 Å². The summed E-state index contributed by atoms with van der Waals surface area (Å²) in [6, 6.07) is 15.7. The zero-order valence-corrected chi connectivity index (χ0v) is 12.3. The molecule has 0 bridgehead atoms. The Morgan fingerprint density at radius 2 is 1.85 bits per heavy atom. The minimum absolute atomic E-state index is 0.155. The van der Waals surface area contributed by atoms with Crippen LogP contribution in [0.1, 0.15) is 11.1 Å². The zero-order valence-electron chi connectivity index (χ0n) is 10.7. The molecule has 0 aliphatic heterocycles. The van der Waals surface area contributed by atoms with E-state index >= 15 is 0 Å². The molecule has 4 heteroatoms. The van der Waals surface area contributed by atoms with E-state index in [-0.39, 0.29) is 5.88 Å². The standard InChI is InChI=1S/C16H13BrN2O/c17-14-7-3-1-5-11(14)9-18-10-13-12-6-2-4-8-15(12)19-16(13)20/h1-8,10,19-20H,9H2. The summed E-state index contributed by atoms with van der Waals surface area (Å²) in [5.74, 6) is 0.155. The van der Waals surface area contributed by atoms with Crippen LogP contribution in [0.5, 0.6) is 5.88 Å². The number of rotatable bonds is 3. The van der Waals surface area contributed by atoms with Crippen molar-refractivity contribution in [2.75, 3.05) is 0 Å². The van der Waals surface area contributed by atoms with E-state index in [1.165, 1.54) is 0 Å². The number of nitrogens with one attached hydrogen (secondary N) is 1. The van der Waals surface area contributed by atoms with Crippen molar-refractivity contribution in [3.8, 4) is 5.88 Å². The Bertz CT molecular complexity index is 777. The van der Waals surface area contributed by atoms with Crippen molar-refractivity contribution in [2.45, 2.75) is 6.54 Å². The third-order valence-electron chi connectivity index (χ3n) is 3.17. The number of hydrogen-bond acceptors (Lipinski definition) is 2. The van der Waals surface area contributed by atoms with Gasteiger partial charge >= 0.3 is 0 Å². The minimum atomic E-state index is 0.155. The van der Waals surface area contributed by atoms with Gasteiger partial charge in [0.25, 0.3) is 0 Å². The Hall–Kier alpha value is -2.07. The van der Waals surface area contributed by atoms with Crippen LogP contribution in [-0.4, -0.2) is 16.3 Å². The summed E-state index contributed by atoms with van der Waals surface area (Å²) in [5.41, 5.74) is 2.75. The van der Waals surface area contributed by atoms with Gasteiger partial charge in [-0.1, -0.05) is 52.3 Å². The highest BCUT2D eigenvalue weighted by atomic mass is 79.9. The first-order valence-electron chi connectivity index (χ1n) is 6.28. The second-order valence-corrected chi connectivity index (χ2v) is 5.35. The molecule has 2 N–H and O–H groups in total. The summed E-state index contributed by atoms with van der Waals surface area (Å²) in [6.45, 7) is 0.570. The summed E-state index contributed by atoms with van der Waals surface area (Å²) in [4.78, 5) is 7.36. The molecule has 1 aromatic heterocycles. The molecule has 0 radical (unpaired) electrons. The molecule has 3 nitrogen and oxygen atoms in total. The molecule has 0 saturated carbocycles. The van der Waals surface area contributed by atoms with Crippen LogP contribution >= 0.6 is 15.9 Å². The molecule has 3 aromatic rings. The number of aromatic nitrogens is 1. The predicted octanol–water partition coefficient (Wildman–Crippen LogP) is 4.26. The van der Waals surface area contributed by atoms with Gasteiger partial charge in [0.2, 0.25) is 0 Å². The summed E-state index contributed by atoms with van der Waals surface area (Å²) >= 11 is 3.50. The number of aliphatic imine (C=N–C) groups is 1. The molecule has 0 aliphatic carbocycles. The smallest absolute Gasteiger partial charge is 0.198 e. The number of H-pyrrole nitrogens is 1. The third kappa shape index (κ3) is 2.47. The number of aromatic hydroxyl groups is 1. The van der Waals surface area contributed by atoms with Gasteiger partial charge in [0.05, 0.1) is 12.1 Å². The summed E-state index contributed by atoms with van der Waals surface area (Å²) < 4.78 is 1.04. The van der Waals surface area contributed by atoms with E-state index in [1.807, 2.05) is 48.5 Å². The highest BCUT2D eigenvalue weighted by Gasteiger charge is 2.07. The van der Waals surface area contributed by atoms with Gasteiger partial charge in [0, 0.05) is 21.6 Å².